The molecule has 0 atom stereocenters. The summed E-state index contributed by atoms with van der Waals surface area (Å²) in [5.74, 6) is 1.13. The third-order valence-corrected chi connectivity index (χ3v) is 8.49. The number of sulfone groups is 1. The maximum Gasteiger partial charge on any atom is 0.243 e. The number of ether oxygens (including phenoxy) is 2. The lowest BCUT2D eigenvalue weighted by Gasteiger charge is -2.29. The molecule has 0 spiro atoms. The zero-order valence-electron chi connectivity index (χ0n) is 16.0. The van der Waals surface area contributed by atoms with E-state index in [2.05, 4.69) is 0 Å². The number of rotatable bonds is 6. The lowest BCUT2D eigenvalue weighted by Crippen LogP contribution is -2.36. The topological polar surface area (TPSA) is 90.0 Å². The molecule has 152 valence electrons. The van der Waals surface area contributed by atoms with Crippen LogP contribution in [0.2, 0.25) is 0 Å². The second kappa shape index (κ2) is 7.73. The van der Waals surface area contributed by atoms with E-state index in [1.165, 1.54) is 35.7 Å². The van der Waals surface area contributed by atoms with Gasteiger partial charge in [-0.3, -0.25) is 0 Å². The fourth-order valence-corrected chi connectivity index (χ4v) is 5.50. The van der Waals surface area contributed by atoms with Crippen molar-refractivity contribution in [2.45, 2.75) is 29.7 Å². The van der Waals surface area contributed by atoms with Gasteiger partial charge in [-0.2, -0.15) is 4.31 Å². The lowest BCUT2D eigenvalue weighted by atomic mass is 10.0. The van der Waals surface area contributed by atoms with E-state index in [-0.39, 0.29) is 22.1 Å². The number of benzene rings is 2. The zero-order valence-corrected chi connectivity index (χ0v) is 17.6. The van der Waals surface area contributed by atoms with Crippen molar-refractivity contribution in [3.8, 4) is 11.5 Å². The van der Waals surface area contributed by atoms with Crippen molar-refractivity contribution in [1.82, 2.24) is 4.31 Å². The maximum atomic E-state index is 13.0. The van der Waals surface area contributed by atoms with Crippen LogP contribution < -0.4 is 9.47 Å². The van der Waals surface area contributed by atoms with Crippen LogP contribution in [-0.4, -0.2) is 47.7 Å². The van der Waals surface area contributed by atoms with Crippen LogP contribution in [0, 0.1) is 0 Å². The highest BCUT2D eigenvalue weighted by Gasteiger charge is 2.29. The molecular formula is C19H23NO6S2. The number of hydrogen-bond donors (Lipinski definition) is 0. The molecule has 0 amide bonds. The van der Waals surface area contributed by atoms with E-state index in [0.717, 1.165) is 11.1 Å². The molecule has 1 aliphatic heterocycles. The Morgan fingerprint density at radius 3 is 1.96 bits per heavy atom. The van der Waals surface area contributed by atoms with Crippen molar-refractivity contribution in [3.05, 3.63) is 47.5 Å². The first-order valence-corrected chi connectivity index (χ1v) is 11.9. The molecule has 2 aromatic rings. The molecule has 2 aromatic carbocycles. The highest BCUT2D eigenvalue weighted by atomic mass is 32.2. The normalized spacial score (nSPS) is 15.1. The first-order valence-electron chi connectivity index (χ1n) is 8.79. The molecule has 9 heteroatoms. The van der Waals surface area contributed by atoms with Crippen molar-refractivity contribution in [2.75, 3.05) is 26.5 Å². The Labute approximate surface area is 165 Å². The minimum atomic E-state index is -3.74. The van der Waals surface area contributed by atoms with E-state index >= 15 is 0 Å². The number of sulfonamides is 1. The molecule has 3 rings (SSSR count). The SMILES string of the molecule is CCS(=O)(=O)c1ccc(S(=O)(=O)N2CCc3cc(OC)c(OC)cc3C2)cc1. The summed E-state index contributed by atoms with van der Waals surface area (Å²) in [7, 11) is -4.02. The average molecular weight is 426 g/mol. The largest absolute Gasteiger partial charge is 0.493 e. The molecule has 7 nitrogen and oxygen atoms in total. The lowest BCUT2D eigenvalue weighted by molar-refractivity contribution is 0.348. The summed E-state index contributed by atoms with van der Waals surface area (Å²) in [6, 6.07) is 9.06. The van der Waals surface area contributed by atoms with Gasteiger partial charge in [0.25, 0.3) is 0 Å². The zero-order chi connectivity index (χ0) is 20.5. The van der Waals surface area contributed by atoms with Crippen LogP contribution in [-0.2, 0) is 32.8 Å². The van der Waals surface area contributed by atoms with E-state index in [4.69, 9.17) is 9.47 Å². The summed E-state index contributed by atoms with van der Waals surface area (Å²) in [5.41, 5.74) is 1.88. The summed E-state index contributed by atoms with van der Waals surface area (Å²) in [6.07, 6.45) is 0.553. The Kier molecular flexibility index (Phi) is 5.69. The van der Waals surface area contributed by atoms with Gasteiger partial charge in [-0.1, -0.05) is 6.92 Å². The third kappa shape index (κ3) is 3.74. The molecule has 0 radical (unpaired) electrons. The van der Waals surface area contributed by atoms with Crippen LogP contribution in [0.15, 0.2) is 46.2 Å². The first kappa shape index (κ1) is 20.6. The van der Waals surface area contributed by atoms with E-state index in [1.807, 2.05) is 6.07 Å². The van der Waals surface area contributed by atoms with Crippen LogP contribution >= 0.6 is 0 Å². The minimum absolute atomic E-state index is 0.0344. The van der Waals surface area contributed by atoms with Crippen LogP contribution in [0.3, 0.4) is 0 Å². The van der Waals surface area contributed by atoms with Crippen LogP contribution in [0.4, 0.5) is 0 Å². The monoisotopic (exact) mass is 425 g/mol. The number of nitrogens with zero attached hydrogens (tertiary/aromatic N) is 1. The van der Waals surface area contributed by atoms with E-state index in [0.29, 0.717) is 24.5 Å². The number of methoxy groups -OCH3 is 2. The molecule has 0 N–H and O–H groups in total. The average Bonchev–Trinajstić information content (AvgIpc) is 2.72. The smallest absolute Gasteiger partial charge is 0.243 e. The van der Waals surface area contributed by atoms with Gasteiger partial charge in [0.15, 0.2) is 21.3 Å². The predicted octanol–water partition coefficient (Wildman–Crippen LogP) is 2.24. The van der Waals surface area contributed by atoms with Crippen LogP contribution in [0.5, 0.6) is 11.5 Å². The molecule has 0 saturated carbocycles. The van der Waals surface area contributed by atoms with Gasteiger partial charge in [0.2, 0.25) is 10.0 Å². The van der Waals surface area contributed by atoms with Crippen molar-refractivity contribution in [2.24, 2.45) is 0 Å². The Bertz CT molecular complexity index is 1080. The molecule has 1 aliphatic rings. The quantitative estimate of drug-likeness (QED) is 0.705. The highest BCUT2D eigenvalue weighted by Crippen LogP contribution is 2.34. The van der Waals surface area contributed by atoms with Crippen LogP contribution in [0.1, 0.15) is 18.1 Å². The van der Waals surface area contributed by atoms with E-state index in [9.17, 15) is 16.8 Å². The first-order chi connectivity index (χ1) is 13.2. The van der Waals surface area contributed by atoms with Crippen LogP contribution in [0.25, 0.3) is 0 Å². The second-order valence-corrected chi connectivity index (χ2v) is 10.7. The summed E-state index contributed by atoms with van der Waals surface area (Å²) >= 11 is 0. The maximum absolute atomic E-state index is 13.0. The highest BCUT2D eigenvalue weighted by molar-refractivity contribution is 7.91. The summed E-state index contributed by atoms with van der Waals surface area (Å²) in [6.45, 7) is 2.10. The minimum Gasteiger partial charge on any atom is -0.493 e. The number of hydrogen-bond acceptors (Lipinski definition) is 6. The standard InChI is InChI=1S/C19H23NO6S2/c1-4-27(21,22)16-5-7-17(8-6-16)28(23,24)20-10-9-14-11-18(25-2)19(26-3)12-15(14)13-20/h5-8,11-12H,4,9-10,13H2,1-3H3. The molecule has 0 aliphatic carbocycles. The fourth-order valence-electron chi connectivity index (χ4n) is 3.20. The summed E-state index contributed by atoms with van der Waals surface area (Å²) in [5, 5.41) is 0. The fraction of sp³-hybridized carbons (Fsp3) is 0.368. The van der Waals surface area contributed by atoms with E-state index < -0.39 is 19.9 Å². The van der Waals surface area contributed by atoms with E-state index in [1.54, 1.807) is 20.1 Å². The summed E-state index contributed by atoms with van der Waals surface area (Å²) in [4.78, 5) is 0.196. The molecular weight excluding hydrogens is 402 g/mol. The number of fused-ring (bicyclic) bond motifs is 1. The van der Waals surface area contributed by atoms with Gasteiger partial charge in [0.1, 0.15) is 0 Å². The Morgan fingerprint density at radius 1 is 0.893 bits per heavy atom. The molecule has 0 saturated heterocycles. The van der Waals surface area contributed by atoms with Gasteiger partial charge in [-0.05, 0) is 53.9 Å². The van der Waals surface area contributed by atoms with Gasteiger partial charge < -0.3 is 9.47 Å². The van der Waals surface area contributed by atoms with Gasteiger partial charge in [0.05, 0.1) is 29.8 Å². The van der Waals surface area contributed by atoms with Crippen molar-refractivity contribution in [1.29, 1.82) is 0 Å². The van der Waals surface area contributed by atoms with Crippen molar-refractivity contribution < 1.29 is 26.3 Å². The Hall–Kier alpha value is -2.10. The van der Waals surface area contributed by atoms with Gasteiger partial charge in [-0.15, -0.1) is 0 Å². The van der Waals surface area contributed by atoms with Crippen molar-refractivity contribution >= 4 is 19.9 Å². The van der Waals surface area contributed by atoms with Gasteiger partial charge in [-0.25, -0.2) is 16.8 Å². The molecule has 1 heterocycles. The summed E-state index contributed by atoms with van der Waals surface area (Å²) < 4.78 is 61.9. The molecule has 0 bridgehead atoms. The second-order valence-electron chi connectivity index (χ2n) is 6.44. The molecule has 0 unspecified atom stereocenters. The Balaban J connectivity index is 1.90. The molecule has 0 aromatic heterocycles. The van der Waals surface area contributed by atoms with Gasteiger partial charge in [0, 0.05) is 13.1 Å². The predicted molar refractivity (Wildman–Crippen MR) is 105 cm³/mol. The molecule has 28 heavy (non-hydrogen) atoms. The van der Waals surface area contributed by atoms with Gasteiger partial charge >= 0.3 is 0 Å². The van der Waals surface area contributed by atoms with Crippen molar-refractivity contribution in [3.63, 3.8) is 0 Å². The Morgan fingerprint density at radius 2 is 1.43 bits per heavy atom. The molecule has 0 fully saturated rings. The third-order valence-electron chi connectivity index (χ3n) is 4.88.